The molecule has 0 amide bonds. The van der Waals surface area contributed by atoms with E-state index in [0.717, 1.165) is 0 Å². The Bertz CT molecular complexity index is 372. The lowest BCUT2D eigenvalue weighted by atomic mass is 10.3. The number of nitrogens with one attached hydrogen (secondary N) is 1. The van der Waals surface area contributed by atoms with Gasteiger partial charge in [0.05, 0.1) is 6.10 Å². The Labute approximate surface area is 81.1 Å². The first-order valence-electron chi connectivity index (χ1n) is 4.39. The Balaban J connectivity index is 2.80. The van der Waals surface area contributed by atoms with E-state index in [1.165, 1.54) is 12.4 Å². The second kappa shape index (κ2) is 4.55. The zero-order chi connectivity index (χ0) is 10.6. The van der Waals surface area contributed by atoms with Gasteiger partial charge in [-0.15, -0.1) is 0 Å². The Morgan fingerprint density at radius 3 is 3.00 bits per heavy atom. The molecule has 1 atom stereocenters. The molecule has 1 unspecified atom stereocenters. The third-order valence-electron chi connectivity index (χ3n) is 1.78. The van der Waals surface area contributed by atoms with Gasteiger partial charge in [-0.25, -0.2) is 9.78 Å². The standard InChI is InChI=1S/C9H12N2O3/c1-3-6(2)14-9(13)7-8(12)11-5-4-10-7/h4-6H,3H2,1-2H3,(H,11,12). The normalized spacial score (nSPS) is 12.1. The molecular weight excluding hydrogens is 184 g/mol. The van der Waals surface area contributed by atoms with E-state index in [9.17, 15) is 9.59 Å². The Morgan fingerprint density at radius 2 is 2.43 bits per heavy atom. The summed E-state index contributed by atoms with van der Waals surface area (Å²) in [6, 6.07) is 0. The number of H-pyrrole nitrogens is 1. The highest BCUT2D eigenvalue weighted by atomic mass is 16.5. The fourth-order valence-corrected chi connectivity index (χ4v) is 0.819. The van der Waals surface area contributed by atoms with Gasteiger partial charge in [0.2, 0.25) is 5.69 Å². The summed E-state index contributed by atoms with van der Waals surface area (Å²) < 4.78 is 4.94. The molecule has 0 fully saturated rings. The van der Waals surface area contributed by atoms with Crippen molar-refractivity contribution in [2.75, 3.05) is 0 Å². The number of hydrogen-bond donors (Lipinski definition) is 1. The number of hydrogen-bond acceptors (Lipinski definition) is 4. The fraction of sp³-hybridized carbons (Fsp3) is 0.444. The summed E-state index contributed by atoms with van der Waals surface area (Å²) in [6.45, 7) is 3.65. The van der Waals surface area contributed by atoms with Crippen molar-refractivity contribution in [3.05, 3.63) is 28.4 Å². The molecule has 0 aliphatic carbocycles. The van der Waals surface area contributed by atoms with Crippen molar-refractivity contribution in [3.63, 3.8) is 0 Å². The molecule has 1 heterocycles. The average Bonchev–Trinajstić information content (AvgIpc) is 2.18. The Kier molecular flexibility index (Phi) is 3.39. The molecule has 0 spiro atoms. The summed E-state index contributed by atoms with van der Waals surface area (Å²) in [5.41, 5.74) is -0.728. The summed E-state index contributed by atoms with van der Waals surface area (Å²) in [5.74, 6) is -0.679. The number of aromatic amines is 1. The third kappa shape index (κ3) is 2.42. The van der Waals surface area contributed by atoms with Crippen LogP contribution in [0.5, 0.6) is 0 Å². The van der Waals surface area contributed by atoms with E-state index in [-0.39, 0.29) is 11.8 Å². The van der Waals surface area contributed by atoms with Gasteiger partial charge >= 0.3 is 5.97 Å². The lowest BCUT2D eigenvalue weighted by Crippen LogP contribution is -2.24. The predicted octanol–water partition coefficient (Wildman–Crippen LogP) is 0.725. The van der Waals surface area contributed by atoms with Gasteiger partial charge in [-0.2, -0.15) is 0 Å². The quantitative estimate of drug-likeness (QED) is 0.723. The van der Waals surface area contributed by atoms with Crippen LogP contribution in [-0.4, -0.2) is 22.0 Å². The van der Waals surface area contributed by atoms with Crippen LogP contribution in [0.25, 0.3) is 0 Å². The molecular formula is C9H12N2O3. The van der Waals surface area contributed by atoms with Gasteiger partial charge in [0.25, 0.3) is 5.56 Å². The van der Waals surface area contributed by atoms with E-state index in [0.29, 0.717) is 6.42 Å². The highest BCUT2D eigenvalue weighted by Crippen LogP contribution is 1.99. The molecule has 0 saturated heterocycles. The third-order valence-corrected chi connectivity index (χ3v) is 1.78. The Morgan fingerprint density at radius 1 is 1.71 bits per heavy atom. The van der Waals surface area contributed by atoms with Gasteiger partial charge in [0.1, 0.15) is 0 Å². The molecule has 0 aliphatic heterocycles. The van der Waals surface area contributed by atoms with Crippen LogP contribution < -0.4 is 5.56 Å². The first-order valence-corrected chi connectivity index (χ1v) is 4.39. The molecule has 1 N–H and O–H groups in total. The average molecular weight is 196 g/mol. The first-order chi connectivity index (χ1) is 6.65. The molecule has 0 bridgehead atoms. The smallest absolute Gasteiger partial charge is 0.363 e. The highest BCUT2D eigenvalue weighted by molar-refractivity contribution is 5.86. The maximum absolute atomic E-state index is 11.3. The SMILES string of the molecule is CCC(C)OC(=O)c1ncc[nH]c1=O. The molecule has 0 saturated carbocycles. The topological polar surface area (TPSA) is 72.0 Å². The molecule has 1 aromatic heterocycles. The van der Waals surface area contributed by atoms with Gasteiger partial charge in [-0.3, -0.25) is 4.79 Å². The van der Waals surface area contributed by atoms with Gasteiger partial charge < -0.3 is 9.72 Å². The van der Waals surface area contributed by atoms with Crippen molar-refractivity contribution < 1.29 is 9.53 Å². The van der Waals surface area contributed by atoms with E-state index in [4.69, 9.17) is 4.74 Å². The minimum atomic E-state index is -0.679. The number of carbonyl (C=O) groups excluding carboxylic acids is 1. The molecule has 0 radical (unpaired) electrons. The molecule has 0 aliphatic rings. The number of ether oxygens (including phenoxy) is 1. The second-order valence-corrected chi connectivity index (χ2v) is 2.89. The monoisotopic (exact) mass is 196 g/mol. The van der Waals surface area contributed by atoms with Crippen molar-refractivity contribution in [1.29, 1.82) is 0 Å². The van der Waals surface area contributed by atoms with Crippen LogP contribution in [0.3, 0.4) is 0 Å². The van der Waals surface area contributed by atoms with Crippen LogP contribution in [-0.2, 0) is 4.74 Å². The van der Waals surface area contributed by atoms with Gasteiger partial charge in [0, 0.05) is 12.4 Å². The van der Waals surface area contributed by atoms with E-state index >= 15 is 0 Å². The maximum atomic E-state index is 11.3. The van der Waals surface area contributed by atoms with Crippen molar-refractivity contribution >= 4 is 5.97 Å². The molecule has 5 nitrogen and oxygen atoms in total. The summed E-state index contributed by atoms with van der Waals surface area (Å²) in [6.07, 6.45) is 3.21. The van der Waals surface area contributed by atoms with Crippen LogP contribution in [0, 0.1) is 0 Å². The van der Waals surface area contributed by atoms with E-state index < -0.39 is 11.5 Å². The number of aromatic nitrogens is 2. The van der Waals surface area contributed by atoms with E-state index in [1.807, 2.05) is 6.92 Å². The van der Waals surface area contributed by atoms with Crippen molar-refractivity contribution in [3.8, 4) is 0 Å². The van der Waals surface area contributed by atoms with Gasteiger partial charge in [-0.05, 0) is 13.3 Å². The Hall–Kier alpha value is -1.65. The summed E-state index contributed by atoms with van der Waals surface area (Å²) in [5, 5.41) is 0. The summed E-state index contributed by atoms with van der Waals surface area (Å²) >= 11 is 0. The minimum Gasteiger partial charge on any atom is -0.458 e. The predicted molar refractivity (Wildman–Crippen MR) is 50.0 cm³/mol. The van der Waals surface area contributed by atoms with Crippen LogP contribution in [0.4, 0.5) is 0 Å². The van der Waals surface area contributed by atoms with Crippen LogP contribution in [0.15, 0.2) is 17.2 Å². The van der Waals surface area contributed by atoms with Crippen molar-refractivity contribution in [2.24, 2.45) is 0 Å². The zero-order valence-electron chi connectivity index (χ0n) is 8.11. The van der Waals surface area contributed by atoms with Crippen LogP contribution >= 0.6 is 0 Å². The van der Waals surface area contributed by atoms with Gasteiger partial charge in [0.15, 0.2) is 0 Å². The number of rotatable bonds is 3. The fourth-order valence-electron chi connectivity index (χ4n) is 0.819. The van der Waals surface area contributed by atoms with Gasteiger partial charge in [-0.1, -0.05) is 6.92 Å². The number of esters is 1. The molecule has 1 aromatic rings. The lowest BCUT2D eigenvalue weighted by molar-refractivity contribution is 0.0325. The first kappa shape index (κ1) is 10.4. The number of carbonyl (C=O) groups is 1. The van der Waals surface area contributed by atoms with Crippen molar-refractivity contribution in [2.45, 2.75) is 26.4 Å². The molecule has 76 valence electrons. The van der Waals surface area contributed by atoms with E-state index in [1.54, 1.807) is 6.92 Å². The maximum Gasteiger partial charge on any atom is 0.363 e. The largest absolute Gasteiger partial charge is 0.458 e. The molecule has 5 heteroatoms. The van der Waals surface area contributed by atoms with Crippen LogP contribution in [0.1, 0.15) is 30.8 Å². The van der Waals surface area contributed by atoms with E-state index in [2.05, 4.69) is 9.97 Å². The lowest BCUT2D eigenvalue weighted by Gasteiger charge is -2.08. The summed E-state index contributed by atoms with van der Waals surface area (Å²) in [7, 11) is 0. The molecule has 1 rings (SSSR count). The number of nitrogens with zero attached hydrogens (tertiary/aromatic N) is 1. The minimum absolute atomic E-state index is 0.201. The second-order valence-electron chi connectivity index (χ2n) is 2.89. The van der Waals surface area contributed by atoms with Crippen LogP contribution in [0.2, 0.25) is 0 Å². The highest BCUT2D eigenvalue weighted by Gasteiger charge is 2.15. The summed E-state index contributed by atoms with van der Waals surface area (Å²) in [4.78, 5) is 28.4. The molecule has 14 heavy (non-hydrogen) atoms. The molecule has 0 aromatic carbocycles. The zero-order valence-corrected chi connectivity index (χ0v) is 8.11. The van der Waals surface area contributed by atoms with Crippen molar-refractivity contribution in [1.82, 2.24) is 9.97 Å².